The summed E-state index contributed by atoms with van der Waals surface area (Å²) in [6.45, 7) is 1.85. The summed E-state index contributed by atoms with van der Waals surface area (Å²) in [7, 11) is 0. The van der Waals surface area contributed by atoms with Crippen LogP contribution in [-0.4, -0.2) is 15.0 Å². The van der Waals surface area contributed by atoms with Gasteiger partial charge in [-0.15, -0.1) is 0 Å². The number of benzene rings is 1. The minimum Gasteiger partial charge on any atom is -0.368 e. The van der Waals surface area contributed by atoms with E-state index in [-0.39, 0.29) is 17.3 Å². The standard InChI is InChI=1S/C11H10F2N4/c1-2-9-15-10(17-11(14)16-9)6-3-7(12)5-8(13)4-6/h3-5H,2H2,1H3,(H2,14,15,16,17). The quantitative estimate of drug-likeness (QED) is 0.865. The van der Waals surface area contributed by atoms with Gasteiger partial charge >= 0.3 is 0 Å². The van der Waals surface area contributed by atoms with Crippen molar-refractivity contribution >= 4 is 5.95 Å². The Balaban J connectivity index is 2.55. The van der Waals surface area contributed by atoms with Crippen molar-refractivity contribution in [3.05, 3.63) is 35.7 Å². The zero-order valence-corrected chi connectivity index (χ0v) is 9.11. The maximum absolute atomic E-state index is 13.1. The number of aromatic nitrogens is 3. The first kappa shape index (κ1) is 11.4. The first-order valence-corrected chi connectivity index (χ1v) is 5.05. The molecule has 4 nitrogen and oxygen atoms in total. The molecule has 0 aliphatic carbocycles. The van der Waals surface area contributed by atoms with Gasteiger partial charge in [0.2, 0.25) is 5.95 Å². The van der Waals surface area contributed by atoms with E-state index in [2.05, 4.69) is 15.0 Å². The summed E-state index contributed by atoms with van der Waals surface area (Å²) < 4.78 is 26.1. The Morgan fingerprint density at radius 2 is 1.71 bits per heavy atom. The molecule has 0 unspecified atom stereocenters. The van der Waals surface area contributed by atoms with E-state index in [4.69, 9.17) is 5.73 Å². The van der Waals surface area contributed by atoms with E-state index in [1.54, 1.807) is 0 Å². The summed E-state index contributed by atoms with van der Waals surface area (Å²) in [6.07, 6.45) is 0.567. The number of rotatable bonds is 2. The Kier molecular flexibility index (Phi) is 2.95. The Morgan fingerprint density at radius 1 is 1.06 bits per heavy atom. The molecule has 1 aromatic carbocycles. The summed E-state index contributed by atoms with van der Waals surface area (Å²) in [5.41, 5.74) is 5.74. The molecule has 0 atom stereocenters. The molecule has 2 N–H and O–H groups in total. The van der Waals surface area contributed by atoms with Gasteiger partial charge in [-0.3, -0.25) is 0 Å². The highest BCUT2D eigenvalue weighted by Gasteiger charge is 2.08. The van der Waals surface area contributed by atoms with Gasteiger partial charge < -0.3 is 5.73 Å². The fourth-order valence-electron chi connectivity index (χ4n) is 1.41. The second kappa shape index (κ2) is 4.40. The van der Waals surface area contributed by atoms with Crippen LogP contribution < -0.4 is 5.73 Å². The van der Waals surface area contributed by atoms with Crippen molar-refractivity contribution in [2.75, 3.05) is 5.73 Å². The monoisotopic (exact) mass is 236 g/mol. The molecule has 0 spiro atoms. The van der Waals surface area contributed by atoms with Gasteiger partial charge in [0.25, 0.3) is 0 Å². The first-order chi connectivity index (χ1) is 8.08. The highest BCUT2D eigenvalue weighted by Crippen LogP contribution is 2.18. The number of nitrogens with zero attached hydrogens (tertiary/aromatic N) is 3. The van der Waals surface area contributed by atoms with Gasteiger partial charge in [-0.2, -0.15) is 9.97 Å². The Labute approximate surface area is 96.5 Å². The van der Waals surface area contributed by atoms with E-state index in [0.717, 1.165) is 18.2 Å². The van der Waals surface area contributed by atoms with Gasteiger partial charge in [0.15, 0.2) is 5.82 Å². The highest BCUT2D eigenvalue weighted by atomic mass is 19.1. The van der Waals surface area contributed by atoms with Crippen LogP contribution in [0.5, 0.6) is 0 Å². The Bertz CT molecular complexity index is 537. The minimum atomic E-state index is -0.683. The number of hydrogen-bond acceptors (Lipinski definition) is 4. The summed E-state index contributed by atoms with van der Waals surface area (Å²) in [4.78, 5) is 11.8. The average molecular weight is 236 g/mol. The molecule has 2 rings (SSSR count). The van der Waals surface area contributed by atoms with E-state index >= 15 is 0 Å². The van der Waals surface area contributed by atoms with Crippen LogP contribution in [0.15, 0.2) is 18.2 Å². The highest BCUT2D eigenvalue weighted by molar-refractivity contribution is 5.55. The second-order valence-corrected chi connectivity index (χ2v) is 3.45. The first-order valence-electron chi connectivity index (χ1n) is 5.05. The maximum atomic E-state index is 13.1. The summed E-state index contributed by atoms with van der Waals surface area (Å²) in [6, 6.07) is 3.09. The summed E-state index contributed by atoms with van der Waals surface area (Å²) >= 11 is 0. The van der Waals surface area contributed by atoms with Gasteiger partial charge in [-0.05, 0) is 12.1 Å². The smallest absolute Gasteiger partial charge is 0.223 e. The summed E-state index contributed by atoms with van der Waals surface area (Å²) in [5, 5.41) is 0. The van der Waals surface area contributed by atoms with Crippen molar-refractivity contribution < 1.29 is 8.78 Å². The lowest BCUT2D eigenvalue weighted by molar-refractivity contribution is 0.584. The van der Waals surface area contributed by atoms with Crippen LogP contribution in [0.25, 0.3) is 11.4 Å². The SMILES string of the molecule is CCc1nc(N)nc(-c2cc(F)cc(F)c2)n1. The number of hydrogen-bond donors (Lipinski definition) is 1. The van der Waals surface area contributed by atoms with Gasteiger partial charge in [0.05, 0.1) is 0 Å². The summed E-state index contributed by atoms with van der Waals surface area (Å²) in [5.74, 6) is -0.671. The molecule has 0 aliphatic heterocycles. The molecule has 0 saturated heterocycles. The van der Waals surface area contributed by atoms with Crippen LogP contribution in [0, 0.1) is 11.6 Å². The van der Waals surface area contributed by atoms with E-state index in [1.165, 1.54) is 0 Å². The van der Waals surface area contributed by atoms with Crippen LogP contribution in [0.3, 0.4) is 0 Å². The van der Waals surface area contributed by atoms with Crippen molar-refractivity contribution in [3.8, 4) is 11.4 Å². The number of aryl methyl sites for hydroxylation is 1. The maximum Gasteiger partial charge on any atom is 0.223 e. The zero-order chi connectivity index (χ0) is 12.4. The molecule has 0 aliphatic rings. The second-order valence-electron chi connectivity index (χ2n) is 3.45. The zero-order valence-electron chi connectivity index (χ0n) is 9.11. The van der Waals surface area contributed by atoms with Crippen LogP contribution in [0.1, 0.15) is 12.7 Å². The molecule has 88 valence electrons. The predicted octanol–water partition coefficient (Wildman–Crippen LogP) is 1.96. The van der Waals surface area contributed by atoms with E-state index in [1.807, 2.05) is 6.92 Å². The van der Waals surface area contributed by atoms with E-state index in [0.29, 0.717) is 12.2 Å². The van der Waals surface area contributed by atoms with Crippen molar-refractivity contribution in [2.45, 2.75) is 13.3 Å². The van der Waals surface area contributed by atoms with Crippen LogP contribution in [-0.2, 0) is 6.42 Å². The van der Waals surface area contributed by atoms with E-state index < -0.39 is 11.6 Å². The molecule has 0 bridgehead atoms. The predicted molar refractivity (Wildman–Crippen MR) is 59.0 cm³/mol. The van der Waals surface area contributed by atoms with Crippen LogP contribution >= 0.6 is 0 Å². The van der Waals surface area contributed by atoms with Crippen LogP contribution in [0.4, 0.5) is 14.7 Å². The third-order valence-electron chi connectivity index (χ3n) is 2.14. The van der Waals surface area contributed by atoms with Crippen molar-refractivity contribution in [3.63, 3.8) is 0 Å². The largest absolute Gasteiger partial charge is 0.368 e. The van der Waals surface area contributed by atoms with Crippen molar-refractivity contribution in [1.82, 2.24) is 15.0 Å². The van der Waals surface area contributed by atoms with Crippen molar-refractivity contribution in [1.29, 1.82) is 0 Å². The third-order valence-corrected chi connectivity index (χ3v) is 2.14. The third kappa shape index (κ3) is 2.52. The number of halogens is 2. The van der Waals surface area contributed by atoms with E-state index in [9.17, 15) is 8.78 Å². The van der Waals surface area contributed by atoms with Crippen LogP contribution in [0.2, 0.25) is 0 Å². The fourth-order valence-corrected chi connectivity index (χ4v) is 1.41. The molecule has 1 aromatic heterocycles. The molecule has 1 heterocycles. The minimum absolute atomic E-state index is 0.0384. The lowest BCUT2D eigenvalue weighted by Gasteiger charge is -2.04. The molecule has 2 aromatic rings. The molecule has 17 heavy (non-hydrogen) atoms. The van der Waals surface area contributed by atoms with Crippen molar-refractivity contribution in [2.24, 2.45) is 0 Å². The number of nitrogen functional groups attached to an aromatic ring is 1. The molecular weight excluding hydrogens is 226 g/mol. The topological polar surface area (TPSA) is 64.7 Å². The molecule has 0 saturated carbocycles. The molecule has 0 amide bonds. The molecule has 6 heteroatoms. The lowest BCUT2D eigenvalue weighted by Crippen LogP contribution is -2.04. The molecule has 0 fully saturated rings. The normalized spacial score (nSPS) is 10.5. The average Bonchev–Trinajstić information content (AvgIpc) is 2.26. The fraction of sp³-hybridized carbons (Fsp3) is 0.182. The Hall–Kier alpha value is -2.11. The van der Waals surface area contributed by atoms with Gasteiger partial charge in [-0.1, -0.05) is 6.92 Å². The van der Waals surface area contributed by atoms with Gasteiger partial charge in [0.1, 0.15) is 17.5 Å². The number of anilines is 1. The Morgan fingerprint density at radius 3 is 2.29 bits per heavy atom. The number of nitrogens with two attached hydrogens (primary N) is 1. The van der Waals surface area contributed by atoms with Gasteiger partial charge in [0, 0.05) is 18.1 Å². The lowest BCUT2D eigenvalue weighted by atomic mass is 10.2. The molecular formula is C11H10F2N4. The molecule has 0 radical (unpaired) electrons. The van der Waals surface area contributed by atoms with Gasteiger partial charge in [-0.25, -0.2) is 13.8 Å².